The molecule has 136 valence electrons. The number of quaternary nitrogens is 1. The van der Waals surface area contributed by atoms with Gasteiger partial charge in [-0.15, -0.1) is 0 Å². The number of piperidine rings is 2. The number of hydrogen-bond donors (Lipinski definition) is 2. The number of carbonyl (C=O) groups is 2. The standard InChI is InChI=1S/C20H29N3O2/c21-20(25)18-8-4-5-11-23(18)19(24)15-22-12-9-17(10-13-22)14-16-6-2-1-3-7-16/h1-3,6-7,17-18H,4-5,8-15H2,(H2,21,25)/p+1/t18-/m1/s1. The van der Waals surface area contributed by atoms with E-state index in [4.69, 9.17) is 5.73 Å². The molecule has 0 unspecified atom stereocenters. The van der Waals surface area contributed by atoms with Gasteiger partial charge in [0.05, 0.1) is 13.1 Å². The number of amides is 2. The molecule has 5 nitrogen and oxygen atoms in total. The summed E-state index contributed by atoms with van der Waals surface area (Å²) in [5.74, 6) is 0.458. The molecule has 0 bridgehead atoms. The highest BCUT2D eigenvalue weighted by molar-refractivity contribution is 5.87. The molecule has 2 heterocycles. The molecule has 2 aliphatic heterocycles. The van der Waals surface area contributed by atoms with Crippen LogP contribution in [0.5, 0.6) is 0 Å². The van der Waals surface area contributed by atoms with Crippen LogP contribution in [0.4, 0.5) is 0 Å². The van der Waals surface area contributed by atoms with E-state index in [-0.39, 0.29) is 11.8 Å². The van der Waals surface area contributed by atoms with Crippen molar-refractivity contribution in [3.63, 3.8) is 0 Å². The summed E-state index contributed by atoms with van der Waals surface area (Å²) in [6.45, 7) is 3.26. The van der Waals surface area contributed by atoms with Gasteiger partial charge in [-0.2, -0.15) is 0 Å². The van der Waals surface area contributed by atoms with E-state index in [0.29, 0.717) is 13.1 Å². The summed E-state index contributed by atoms with van der Waals surface area (Å²) < 4.78 is 0. The van der Waals surface area contributed by atoms with Gasteiger partial charge in [-0.3, -0.25) is 9.59 Å². The van der Waals surface area contributed by atoms with Crippen LogP contribution < -0.4 is 10.6 Å². The number of rotatable bonds is 5. The maximum atomic E-state index is 12.7. The Bertz CT molecular complexity index is 582. The lowest BCUT2D eigenvalue weighted by atomic mass is 9.90. The van der Waals surface area contributed by atoms with Crippen LogP contribution in [-0.4, -0.2) is 48.9 Å². The number of primary amides is 1. The van der Waals surface area contributed by atoms with E-state index in [1.54, 1.807) is 4.90 Å². The Morgan fingerprint density at radius 1 is 1.08 bits per heavy atom. The number of nitrogens with one attached hydrogen (secondary N) is 1. The lowest BCUT2D eigenvalue weighted by molar-refractivity contribution is -0.898. The van der Waals surface area contributed by atoms with E-state index in [1.807, 2.05) is 0 Å². The van der Waals surface area contributed by atoms with Crippen molar-refractivity contribution in [1.29, 1.82) is 0 Å². The summed E-state index contributed by atoms with van der Waals surface area (Å²) in [4.78, 5) is 27.3. The molecular formula is C20H30N3O2+. The van der Waals surface area contributed by atoms with Crippen LogP contribution in [0.3, 0.4) is 0 Å². The van der Waals surface area contributed by atoms with Crippen molar-refractivity contribution in [2.45, 2.75) is 44.6 Å². The van der Waals surface area contributed by atoms with Gasteiger partial charge in [-0.25, -0.2) is 0 Å². The van der Waals surface area contributed by atoms with Crippen LogP contribution in [0, 0.1) is 5.92 Å². The molecule has 2 fully saturated rings. The molecule has 25 heavy (non-hydrogen) atoms. The normalized spacial score (nSPS) is 27.0. The van der Waals surface area contributed by atoms with E-state index >= 15 is 0 Å². The van der Waals surface area contributed by atoms with Crippen molar-refractivity contribution in [1.82, 2.24) is 4.90 Å². The van der Waals surface area contributed by atoms with E-state index in [9.17, 15) is 9.59 Å². The number of likely N-dealkylation sites (tertiary alicyclic amines) is 2. The van der Waals surface area contributed by atoms with Gasteiger partial charge in [0.25, 0.3) is 5.91 Å². The summed E-state index contributed by atoms with van der Waals surface area (Å²) in [6.07, 6.45) is 6.14. The number of hydrogen-bond acceptors (Lipinski definition) is 2. The first-order valence-corrected chi connectivity index (χ1v) is 9.60. The molecule has 3 N–H and O–H groups in total. The molecule has 5 heteroatoms. The van der Waals surface area contributed by atoms with Crippen LogP contribution in [0.15, 0.2) is 30.3 Å². The minimum Gasteiger partial charge on any atom is -0.368 e. The molecule has 0 aliphatic carbocycles. The highest BCUT2D eigenvalue weighted by atomic mass is 16.2. The van der Waals surface area contributed by atoms with Gasteiger partial charge in [-0.1, -0.05) is 30.3 Å². The highest BCUT2D eigenvalue weighted by Crippen LogP contribution is 2.18. The Morgan fingerprint density at radius 2 is 1.80 bits per heavy atom. The van der Waals surface area contributed by atoms with Crippen molar-refractivity contribution in [3.8, 4) is 0 Å². The first-order chi connectivity index (χ1) is 12.1. The van der Waals surface area contributed by atoms with Gasteiger partial charge >= 0.3 is 0 Å². The second kappa shape index (κ2) is 8.48. The van der Waals surface area contributed by atoms with Gasteiger partial charge < -0.3 is 15.5 Å². The lowest BCUT2D eigenvalue weighted by Gasteiger charge is -2.35. The summed E-state index contributed by atoms with van der Waals surface area (Å²) in [6, 6.07) is 10.3. The maximum absolute atomic E-state index is 12.7. The largest absolute Gasteiger partial charge is 0.368 e. The average Bonchev–Trinajstić information content (AvgIpc) is 2.64. The topological polar surface area (TPSA) is 67.8 Å². The minimum absolute atomic E-state index is 0.0972. The van der Waals surface area contributed by atoms with E-state index in [1.165, 1.54) is 10.5 Å². The van der Waals surface area contributed by atoms with Gasteiger partial charge in [0, 0.05) is 6.54 Å². The lowest BCUT2D eigenvalue weighted by Crippen LogP contribution is -3.14. The third-order valence-corrected chi connectivity index (χ3v) is 5.73. The zero-order chi connectivity index (χ0) is 17.6. The third-order valence-electron chi connectivity index (χ3n) is 5.73. The van der Waals surface area contributed by atoms with Crippen LogP contribution in [0.1, 0.15) is 37.7 Å². The van der Waals surface area contributed by atoms with Gasteiger partial charge in [-0.05, 0) is 50.0 Å². The van der Waals surface area contributed by atoms with Gasteiger partial charge in [0.15, 0.2) is 6.54 Å². The number of nitrogens with two attached hydrogens (primary N) is 1. The maximum Gasteiger partial charge on any atom is 0.278 e. The predicted molar refractivity (Wildman–Crippen MR) is 97.0 cm³/mol. The fourth-order valence-corrected chi connectivity index (χ4v) is 4.26. The molecule has 1 aromatic carbocycles. The molecule has 2 saturated heterocycles. The number of carbonyl (C=O) groups excluding carboxylic acids is 2. The molecule has 0 saturated carbocycles. The van der Waals surface area contributed by atoms with E-state index in [2.05, 4.69) is 30.3 Å². The fraction of sp³-hybridized carbons (Fsp3) is 0.600. The Labute approximate surface area is 150 Å². The first kappa shape index (κ1) is 17.9. The van der Waals surface area contributed by atoms with E-state index < -0.39 is 6.04 Å². The molecule has 0 radical (unpaired) electrons. The predicted octanol–water partition coefficient (Wildman–Crippen LogP) is 0.390. The zero-order valence-electron chi connectivity index (χ0n) is 15.0. The van der Waals surface area contributed by atoms with Crippen LogP contribution >= 0.6 is 0 Å². The molecule has 2 aliphatic rings. The average molecular weight is 344 g/mol. The molecule has 3 rings (SSSR count). The van der Waals surface area contributed by atoms with E-state index in [0.717, 1.165) is 57.5 Å². The third kappa shape index (κ3) is 4.82. The van der Waals surface area contributed by atoms with Crippen LogP contribution in [0.2, 0.25) is 0 Å². The van der Waals surface area contributed by atoms with Gasteiger partial charge in [0.1, 0.15) is 6.04 Å². The van der Waals surface area contributed by atoms with Crippen LogP contribution in [0.25, 0.3) is 0 Å². The molecule has 2 amide bonds. The second-order valence-corrected chi connectivity index (χ2v) is 7.56. The minimum atomic E-state index is -0.392. The second-order valence-electron chi connectivity index (χ2n) is 7.56. The van der Waals surface area contributed by atoms with Gasteiger partial charge in [0.2, 0.25) is 5.91 Å². The Kier molecular flexibility index (Phi) is 6.08. The summed E-state index contributed by atoms with van der Waals surface area (Å²) in [7, 11) is 0. The van der Waals surface area contributed by atoms with Crippen molar-refractivity contribution in [2.75, 3.05) is 26.2 Å². The van der Waals surface area contributed by atoms with Crippen molar-refractivity contribution in [2.24, 2.45) is 11.7 Å². The SMILES string of the molecule is NC(=O)[C@H]1CCCCN1C(=O)C[NH+]1CCC(Cc2ccccc2)CC1. The Morgan fingerprint density at radius 3 is 2.48 bits per heavy atom. The highest BCUT2D eigenvalue weighted by Gasteiger charge is 2.33. The smallest absolute Gasteiger partial charge is 0.278 e. The quantitative estimate of drug-likeness (QED) is 0.811. The molecule has 1 atom stereocenters. The Hall–Kier alpha value is -1.88. The summed E-state index contributed by atoms with van der Waals surface area (Å²) in [5, 5.41) is 0. The summed E-state index contributed by atoms with van der Waals surface area (Å²) >= 11 is 0. The first-order valence-electron chi connectivity index (χ1n) is 9.60. The van der Waals surface area contributed by atoms with Crippen molar-refractivity contribution in [3.05, 3.63) is 35.9 Å². The fourth-order valence-electron chi connectivity index (χ4n) is 4.26. The zero-order valence-corrected chi connectivity index (χ0v) is 15.0. The number of benzene rings is 1. The van der Waals surface area contributed by atoms with Crippen molar-refractivity contribution < 1.29 is 14.5 Å². The number of nitrogens with zero attached hydrogens (tertiary/aromatic N) is 1. The van der Waals surface area contributed by atoms with Crippen LogP contribution in [-0.2, 0) is 16.0 Å². The molecule has 1 aromatic rings. The molecule has 0 spiro atoms. The Balaban J connectivity index is 1.46. The summed E-state index contributed by atoms with van der Waals surface area (Å²) in [5.41, 5.74) is 6.89. The molecular weight excluding hydrogens is 314 g/mol. The molecule has 0 aromatic heterocycles. The monoisotopic (exact) mass is 344 g/mol. The van der Waals surface area contributed by atoms with Crippen molar-refractivity contribution >= 4 is 11.8 Å².